The lowest BCUT2D eigenvalue weighted by Crippen LogP contribution is -2.12. The van der Waals surface area contributed by atoms with Crippen molar-refractivity contribution < 1.29 is 4.74 Å². The van der Waals surface area contributed by atoms with Crippen LogP contribution in [0.25, 0.3) is 0 Å². The molecular formula is C14H19BrO. The molecule has 0 saturated heterocycles. The van der Waals surface area contributed by atoms with E-state index in [1.165, 1.54) is 32.1 Å². The maximum absolute atomic E-state index is 5.99. The average molecular weight is 283 g/mol. The van der Waals surface area contributed by atoms with E-state index in [0.717, 1.165) is 16.1 Å². The Morgan fingerprint density at radius 1 is 1.25 bits per heavy atom. The number of hydrogen-bond donors (Lipinski definition) is 0. The summed E-state index contributed by atoms with van der Waals surface area (Å²) < 4.78 is 7.09. The van der Waals surface area contributed by atoms with Crippen molar-refractivity contribution in [3.05, 3.63) is 28.7 Å². The Morgan fingerprint density at radius 2 is 2.00 bits per heavy atom. The van der Waals surface area contributed by atoms with E-state index in [0.29, 0.717) is 6.10 Å². The number of rotatable bonds is 4. The molecule has 0 N–H and O–H groups in total. The Morgan fingerprint density at radius 3 is 2.69 bits per heavy atom. The van der Waals surface area contributed by atoms with Gasteiger partial charge in [0.05, 0.1) is 6.10 Å². The second-order valence-corrected chi connectivity index (χ2v) is 5.58. The fourth-order valence-electron chi connectivity index (χ4n) is 2.51. The van der Waals surface area contributed by atoms with Gasteiger partial charge in [-0.3, -0.25) is 0 Å². The van der Waals surface area contributed by atoms with Gasteiger partial charge in [0.25, 0.3) is 0 Å². The van der Waals surface area contributed by atoms with E-state index in [1.807, 2.05) is 24.3 Å². The van der Waals surface area contributed by atoms with Gasteiger partial charge in [-0.2, -0.15) is 0 Å². The first-order chi connectivity index (χ1) is 7.78. The lowest BCUT2D eigenvalue weighted by molar-refractivity contribution is 0.203. The monoisotopic (exact) mass is 282 g/mol. The number of ether oxygens (including phenoxy) is 1. The van der Waals surface area contributed by atoms with Gasteiger partial charge in [-0.25, -0.2) is 0 Å². The maximum atomic E-state index is 5.99. The van der Waals surface area contributed by atoms with Crippen LogP contribution in [0, 0.1) is 5.92 Å². The fraction of sp³-hybridized carbons (Fsp3) is 0.571. The molecule has 1 aliphatic rings. The Bertz CT molecular complexity index is 320. The van der Waals surface area contributed by atoms with Crippen molar-refractivity contribution in [2.75, 3.05) is 0 Å². The van der Waals surface area contributed by atoms with E-state index in [-0.39, 0.29) is 0 Å². The molecule has 0 bridgehead atoms. The molecule has 0 heterocycles. The van der Waals surface area contributed by atoms with Crippen molar-refractivity contribution in [3.63, 3.8) is 0 Å². The first kappa shape index (κ1) is 12.0. The minimum atomic E-state index is 0.442. The minimum Gasteiger partial charge on any atom is -0.490 e. The highest BCUT2D eigenvalue weighted by Gasteiger charge is 2.25. The molecule has 1 aromatic rings. The molecule has 2 heteroatoms. The zero-order valence-corrected chi connectivity index (χ0v) is 11.4. The first-order valence-electron chi connectivity index (χ1n) is 6.20. The lowest BCUT2D eigenvalue weighted by Gasteiger charge is -2.14. The SMILES string of the molecule is CCCC1CCC(Oc2ccc(Br)cc2)C1. The zero-order valence-electron chi connectivity index (χ0n) is 9.79. The molecule has 1 aromatic carbocycles. The Balaban J connectivity index is 1.84. The average Bonchev–Trinajstić information content (AvgIpc) is 2.70. The van der Waals surface area contributed by atoms with E-state index in [9.17, 15) is 0 Å². The van der Waals surface area contributed by atoms with Crippen molar-refractivity contribution in [1.82, 2.24) is 0 Å². The summed E-state index contributed by atoms with van der Waals surface area (Å²) in [5.41, 5.74) is 0. The van der Waals surface area contributed by atoms with Crippen molar-refractivity contribution in [1.29, 1.82) is 0 Å². The van der Waals surface area contributed by atoms with Crippen LogP contribution in [0.1, 0.15) is 39.0 Å². The van der Waals surface area contributed by atoms with Gasteiger partial charge in [0, 0.05) is 4.47 Å². The Hall–Kier alpha value is -0.500. The van der Waals surface area contributed by atoms with E-state index < -0.39 is 0 Å². The van der Waals surface area contributed by atoms with Crippen LogP contribution in [0.2, 0.25) is 0 Å². The van der Waals surface area contributed by atoms with Crippen molar-refractivity contribution in [3.8, 4) is 5.75 Å². The molecule has 2 unspecified atom stereocenters. The van der Waals surface area contributed by atoms with Crippen LogP contribution in [-0.4, -0.2) is 6.10 Å². The summed E-state index contributed by atoms with van der Waals surface area (Å²) in [6.07, 6.45) is 6.91. The standard InChI is InChI=1S/C14H19BrO/c1-2-3-11-4-7-14(10-11)16-13-8-5-12(15)6-9-13/h5-6,8-9,11,14H,2-4,7,10H2,1H3. The predicted molar refractivity (Wildman–Crippen MR) is 70.8 cm³/mol. The van der Waals surface area contributed by atoms with Crippen molar-refractivity contribution in [2.24, 2.45) is 5.92 Å². The van der Waals surface area contributed by atoms with E-state index in [1.54, 1.807) is 0 Å². The van der Waals surface area contributed by atoms with Crippen LogP contribution >= 0.6 is 15.9 Å². The molecule has 1 nitrogen and oxygen atoms in total. The molecule has 0 aliphatic heterocycles. The Labute approximate surface area is 106 Å². The number of benzene rings is 1. The molecule has 88 valence electrons. The molecule has 2 atom stereocenters. The summed E-state index contributed by atoms with van der Waals surface area (Å²) >= 11 is 3.43. The van der Waals surface area contributed by atoms with E-state index >= 15 is 0 Å². The quantitative estimate of drug-likeness (QED) is 0.771. The molecule has 1 saturated carbocycles. The molecule has 1 fully saturated rings. The first-order valence-corrected chi connectivity index (χ1v) is 6.99. The van der Waals surface area contributed by atoms with Crippen molar-refractivity contribution in [2.45, 2.75) is 45.1 Å². The van der Waals surface area contributed by atoms with Gasteiger partial charge in [-0.15, -0.1) is 0 Å². The van der Waals surface area contributed by atoms with Gasteiger partial charge in [-0.1, -0.05) is 35.7 Å². The fourth-order valence-corrected chi connectivity index (χ4v) is 2.78. The normalized spacial score (nSPS) is 24.6. The third-order valence-electron chi connectivity index (χ3n) is 3.31. The second-order valence-electron chi connectivity index (χ2n) is 4.66. The third kappa shape index (κ3) is 3.24. The van der Waals surface area contributed by atoms with Gasteiger partial charge in [0.15, 0.2) is 0 Å². The molecule has 0 aromatic heterocycles. The topological polar surface area (TPSA) is 9.23 Å². The molecule has 0 amide bonds. The molecule has 0 spiro atoms. The van der Waals surface area contributed by atoms with E-state index in [2.05, 4.69) is 22.9 Å². The zero-order chi connectivity index (χ0) is 11.4. The van der Waals surface area contributed by atoms with Gasteiger partial charge in [0.1, 0.15) is 5.75 Å². The highest BCUT2D eigenvalue weighted by molar-refractivity contribution is 9.10. The van der Waals surface area contributed by atoms with Crippen LogP contribution in [0.4, 0.5) is 0 Å². The third-order valence-corrected chi connectivity index (χ3v) is 3.84. The predicted octanol–water partition coefficient (Wildman–Crippen LogP) is 4.80. The molecular weight excluding hydrogens is 264 g/mol. The lowest BCUT2D eigenvalue weighted by atomic mass is 10.0. The van der Waals surface area contributed by atoms with Gasteiger partial charge in [-0.05, 0) is 49.4 Å². The highest BCUT2D eigenvalue weighted by Crippen LogP contribution is 2.32. The number of halogens is 1. The maximum Gasteiger partial charge on any atom is 0.119 e. The van der Waals surface area contributed by atoms with E-state index in [4.69, 9.17) is 4.74 Å². The van der Waals surface area contributed by atoms with Gasteiger partial charge < -0.3 is 4.74 Å². The molecule has 0 radical (unpaired) electrons. The Kier molecular flexibility index (Phi) is 4.28. The van der Waals surface area contributed by atoms with Crippen LogP contribution in [-0.2, 0) is 0 Å². The number of hydrogen-bond acceptors (Lipinski definition) is 1. The second kappa shape index (κ2) is 5.72. The van der Waals surface area contributed by atoms with Crippen molar-refractivity contribution >= 4 is 15.9 Å². The summed E-state index contributed by atoms with van der Waals surface area (Å²) in [4.78, 5) is 0. The molecule has 2 rings (SSSR count). The highest BCUT2D eigenvalue weighted by atomic mass is 79.9. The summed E-state index contributed by atoms with van der Waals surface area (Å²) in [5, 5.41) is 0. The summed E-state index contributed by atoms with van der Waals surface area (Å²) in [5.74, 6) is 1.90. The minimum absolute atomic E-state index is 0.442. The van der Waals surface area contributed by atoms with Gasteiger partial charge in [0.2, 0.25) is 0 Å². The van der Waals surface area contributed by atoms with Crippen LogP contribution in [0.15, 0.2) is 28.7 Å². The summed E-state index contributed by atoms with van der Waals surface area (Å²) in [7, 11) is 0. The largest absolute Gasteiger partial charge is 0.490 e. The molecule has 1 aliphatic carbocycles. The summed E-state index contributed by atoms with van der Waals surface area (Å²) in [6, 6.07) is 8.15. The summed E-state index contributed by atoms with van der Waals surface area (Å²) in [6.45, 7) is 2.27. The molecule has 16 heavy (non-hydrogen) atoms. The van der Waals surface area contributed by atoms with Gasteiger partial charge >= 0.3 is 0 Å². The van der Waals surface area contributed by atoms with Crippen LogP contribution in [0.5, 0.6) is 5.75 Å². The smallest absolute Gasteiger partial charge is 0.119 e. The van der Waals surface area contributed by atoms with Crippen LogP contribution in [0.3, 0.4) is 0 Å². The van der Waals surface area contributed by atoms with Crippen LogP contribution < -0.4 is 4.74 Å².